The van der Waals surface area contributed by atoms with Crippen LogP contribution in [0, 0.1) is 0 Å². The van der Waals surface area contributed by atoms with Gasteiger partial charge in [-0.05, 0) is 30.3 Å². The fourth-order valence-corrected chi connectivity index (χ4v) is 2.64. The van der Waals surface area contributed by atoms with Gasteiger partial charge in [-0.3, -0.25) is 0 Å². The number of morpholine rings is 1. The van der Waals surface area contributed by atoms with Gasteiger partial charge in [0.1, 0.15) is 0 Å². The second-order valence-electron chi connectivity index (χ2n) is 5.43. The first-order valence-electron chi connectivity index (χ1n) is 7.76. The van der Waals surface area contributed by atoms with Gasteiger partial charge >= 0.3 is 0 Å². The summed E-state index contributed by atoms with van der Waals surface area (Å²) in [4.78, 5) is 6.51. The number of anilines is 4. The van der Waals surface area contributed by atoms with Crippen molar-refractivity contribution in [2.24, 2.45) is 0 Å². The summed E-state index contributed by atoms with van der Waals surface area (Å²) in [5, 5.41) is 7.46. The third-order valence-electron chi connectivity index (χ3n) is 3.85. The summed E-state index contributed by atoms with van der Waals surface area (Å²) in [5.41, 5.74) is 7.95. The van der Waals surface area contributed by atoms with Crippen molar-refractivity contribution in [2.45, 2.75) is 0 Å². The molecule has 1 saturated heterocycles. The summed E-state index contributed by atoms with van der Waals surface area (Å²) in [6, 6.07) is 11.7. The monoisotopic (exact) mass is 326 g/mol. The molecule has 0 amide bonds. The molecule has 3 aromatic rings. The van der Waals surface area contributed by atoms with Gasteiger partial charge in [0.05, 0.1) is 19.5 Å². The van der Waals surface area contributed by atoms with E-state index in [2.05, 4.69) is 32.4 Å². The van der Waals surface area contributed by atoms with Crippen molar-refractivity contribution in [3.05, 3.63) is 42.7 Å². The Labute approximate surface area is 138 Å². The Hall–Kier alpha value is -3.00. The molecular formula is C16H18N6O2. The van der Waals surface area contributed by atoms with Crippen LogP contribution in [0.3, 0.4) is 0 Å². The highest BCUT2D eigenvalue weighted by Gasteiger charge is 2.12. The van der Waals surface area contributed by atoms with Crippen molar-refractivity contribution in [3.8, 4) is 5.88 Å². The first-order valence-corrected chi connectivity index (χ1v) is 7.76. The third-order valence-corrected chi connectivity index (χ3v) is 3.85. The fourth-order valence-electron chi connectivity index (χ4n) is 2.64. The Morgan fingerprint density at radius 2 is 1.88 bits per heavy atom. The minimum absolute atomic E-state index is 0.261. The van der Waals surface area contributed by atoms with Crippen LogP contribution in [0.15, 0.2) is 47.1 Å². The molecule has 0 radical (unpaired) electrons. The quantitative estimate of drug-likeness (QED) is 0.757. The van der Waals surface area contributed by atoms with Crippen LogP contribution in [0.2, 0.25) is 0 Å². The normalized spacial score (nSPS) is 14.8. The first kappa shape index (κ1) is 14.6. The smallest absolute Gasteiger partial charge is 0.248 e. The van der Waals surface area contributed by atoms with Crippen molar-refractivity contribution in [1.82, 2.24) is 14.8 Å². The first-order chi connectivity index (χ1) is 11.8. The zero-order valence-electron chi connectivity index (χ0n) is 13.1. The number of benzene rings is 1. The summed E-state index contributed by atoms with van der Waals surface area (Å²) in [6.45, 7) is 3.37. The average Bonchev–Trinajstić information content (AvgIpc) is 3.26. The molecule has 24 heavy (non-hydrogen) atoms. The SMILES string of the molecule is Nc1nc(Nc2ccc(N3CCOCC3)cc2)nn1-c1ccco1. The number of nitrogens with one attached hydrogen (secondary N) is 1. The van der Waals surface area contributed by atoms with Crippen LogP contribution >= 0.6 is 0 Å². The van der Waals surface area contributed by atoms with E-state index in [-0.39, 0.29) is 5.95 Å². The van der Waals surface area contributed by atoms with Crippen molar-refractivity contribution in [1.29, 1.82) is 0 Å². The Kier molecular flexibility index (Phi) is 3.80. The summed E-state index contributed by atoms with van der Waals surface area (Å²) >= 11 is 0. The summed E-state index contributed by atoms with van der Waals surface area (Å²) in [5.74, 6) is 1.20. The molecule has 0 saturated carbocycles. The molecule has 1 fully saturated rings. The molecule has 0 unspecified atom stereocenters. The molecule has 1 aliphatic rings. The Morgan fingerprint density at radius 1 is 1.08 bits per heavy atom. The van der Waals surface area contributed by atoms with Crippen LogP contribution in [0.4, 0.5) is 23.3 Å². The maximum atomic E-state index is 5.88. The van der Waals surface area contributed by atoms with Gasteiger partial charge in [0.25, 0.3) is 0 Å². The van der Waals surface area contributed by atoms with E-state index in [1.54, 1.807) is 18.4 Å². The summed E-state index contributed by atoms with van der Waals surface area (Å²) < 4.78 is 12.1. The number of hydrogen-bond acceptors (Lipinski definition) is 7. The van der Waals surface area contributed by atoms with Gasteiger partial charge in [-0.1, -0.05) is 0 Å². The Balaban J connectivity index is 1.48. The zero-order chi connectivity index (χ0) is 16.4. The molecule has 8 heteroatoms. The van der Waals surface area contributed by atoms with Crippen molar-refractivity contribution < 1.29 is 9.15 Å². The Morgan fingerprint density at radius 3 is 2.58 bits per heavy atom. The topological polar surface area (TPSA) is 94.4 Å². The van der Waals surface area contributed by atoms with Crippen LogP contribution in [0.5, 0.6) is 0 Å². The largest absolute Gasteiger partial charge is 0.447 e. The summed E-state index contributed by atoms with van der Waals surface area (Å²) in [7, 11) is 0. The highest BCUT2D eigenvalue weighted by atomic mass is 16.5. The maximum absolute atomic E-state index is 5.88. The van der Waals surface area contributed by atoms with E-state index in [0.29, 0.717) is 11.8 Å². The molecule has 1 aromatic carbocycles. The third kappa shape index (κ3) is 2.91. The molecule has 3 N–H and O–H groups in total. The molecule has 2 aromatic heterocycles. The van der Waals surface area contributed by atoms with Gasteiger partial charge in [-0.25, -0.2) is 0 Å². The van der Waals surface area contributed by atoms with Gasteiger partial charge in [0.2, 0.25) is 17.8 Å². The van der Waals surface area contributed by atoms with Gasteiger partial charge < -0.3 is 25.1 Å². The van der Waals surface area contributed by atoms with Crippen molar-refractivity contribution in [3.63, 3.8) is 0 Å². The minimum Gasteiger partial charge on any atom is -0.447 e. The van der Waals surface area contributed by atoms with E-state index in [4.69, 9.17) is 14.9 Å². The molecule has 0 aliphatic carbocycles. The lowest BCUT2D eigenvalue weighted by Crippen LogP contribution is -2.36. The van der Waals surface area contributed by atoms with Gasteiger partial charge in [0, 0.05) is 30.5 Å². The summed E-state index contributed by atoms with van der Waals surface area (Å²) in [6.07, 6.45) is 1.56. The number of ether oxygens (including phenoxy) is 1. The standard InChI is InChI=1S/C16H18N6O2/c17-15-19-16(20-22(15)14-2-1-9-24-14)18-12-3-5-13(6-4-12)21-7-10-23-11-8-21/h1-6,9H,7-8,10-11H2,(H3,17,18,19,20). The average molecular weight is 326 g/mol. The van der Waals surface area contributed by atoms with Crippen LogP contribution in [-0.2, 0) is 4.74 Å². The van der Waals surface area contributed by atoms with Crippen molar-refractivity contribution in [2.75, 3.05) is 42.3 Å². The van der Waals surface area contributed by atoms with Gasteiger partial charge in [0.15, 0.2) is 0 Å². The second-order valence-corrected chi connectivity index (χ2v) is 5.43. The molecule has 4 rings (SSSR count). The lowest BCUT2D eigenvalue weighted by molar-refractivity contribution is 0.122. The highest BCUT2D eigenvalue weighted by molar-refractivity contribution is 5.60. The molecule has 1 aliphatic heterocycles. The number of nitrogen functional groups attached to an aromatic ring is 1. The lowest BCUT2D eigenvalue weighted by atomic mass is 10.2. The zero-order valence-corrected chi connectivity index (χ0v) is 13.1. The van der Waals surface area contributed by atoms with E-state index in [0.717, 1.165) is 32.0 Å². The maximum Gasteiger partial charge on any atom is 0.248 e. The van der Waals surface area contributed by atoms with E-state index in [1.807, 2.05) is 12.1 Å². The molecule has 124 valence electrons. The van der Waals surface area contributed by atoms with E-state index >= 15 is 0 Å². The van der Waals surface area contributed by atoms with E-state index in [9.17, 15) is 0 Å². The van der Waals surface area contributed by atoms with Crippen LogP contribution < -0.4 is 16.0 Å². The van der Waals surface area contributed by atoms with E-state index in [1.165, 1.54) is 10.4 Å². The number of nitrogens with zero attached hydrogens (tertiary/aromatic N) is 4. The molecule has 0 bridgehead atoms. The number of furan rings is 1. The number of hydrogen-bond donors (Lipinski definition) is 2. The predicted molar refractivity (Wildman–Crippen MR) is 90.8 cm³/mol. The van der Waals surface area contributed by atoms with Crippen LogP contribution in [0.1, 0.15) is 0 Å². The second kappa shape index (κ2) is 6.25. The number of rotatable bonds is 4. The molecule has 8 nitrogen and oxygen atoms in total. The molecule has 0 spiro atoms. The number of aromatic nitrogens is 3. The van der Waals surface area contributed by atoms with Crippen LogP contribution in [0.25, 0.3) is 5.88 Å². The molecule has 3 heterocycles. The fraction of sp³-hybridized carbons (Fsp3) is 0.250. The van der Waals surface area contributed by atoms with Crippen LogP contribution in [-0.4, -0.2) is 41.1 Å². The molecular weight excluding hydrogens is 308 g/mol. The predicted octanol–water partition coefficient (Wildman–Crippen LogP) is 2.02. The Bertz CT molecular complexity index is 791. The van der Waals surface area contributed by atoms with Gasteiger partial charge in [-0.15, -0.1) is 5.10 Å². The van der Waals surface area contributed by atoms with Crippen molar-refractivity contribution >= 4 is 23.3 Å². The highest BCUT2D eigenvalue weighted by Crippen LogP contribution is 2.22. The minimum atomic E-state index is 0.261. The van der Waals surface area contributed by atoms with E-state index < -0.39 is 0 Å². The number of nitrogens with two attached hydrogens (primary N) is 1. The van der Waals surface area contributed by atoms with Gasteiger partial charge in [-0.2, -0.15) is 9.67 Å². The lowest BCUT2D eigenvalue weighted by Gasteiger charge is -2.28. The molecule has 0 atom stereocenters.